The molecule has 1 amide bonds. The molecule has 11 heteroatoms. The van der Waals surface area contributed by atoms with E-state index in [9.17, 15) is 13.2 Å². The largest absolute Gasteiger partial charge is 0.497 e. The summed E-state index contributed by atoms with van der Waals surface area (Å²) < 4.78 is 32.9. The van der Waals surface area contributed by atoms with Gasteiger partial charge >= 0.3 is 0 Å². The van der Waals surface area contributed by atoms with E-state index < -0.39 is 10.0 Å². The van der Waals surface area contributed by atoms with Gasteiger partial charge in [-0.05, 0) is 87.5 Å². The molecule has 1 fully saturated rings. The van der Waals surface area contributed by atoms with Crippen LogP contribution in [0.2, 0.25) is 0 Å². The molecule has 0 spiro atoms. The predicted molar refractivity (Wildman–Crippen MR) is 155 cm³/mol. The fourth-order valence-electron chi connectivity index (χ4n) is 5.20. The molecule has 1 aromatic carbocycles. The lowest BCUT2D eigenvalue weighted by atomic mass is 9.96. The van der Waals surface area contributed by atoms with E-state index in [1.165, 1.54) is 11.4 Å². The summed E-state index contributed by atoms with van der Waals surface area (Å²) in [5, 5.41) is 11.4. The third-order valence-electron chi connectivity index (χ3n) is 7.54. The highest BCUT2D eigenvalue weighted by Crippen LogP contribution is 2.28. The molecule has 1 N–H and O–H groups in total. The van der Waals surface area contributed by atoms with E-state index in [2.05, 4.69) is 39.2 Å². The number of benzene rings is 1. The maximum atomic E-state index is 13.2. The van der Waals surface area contributed by atoms with Gasteiger partial charge in [0, 0.05) is 39.6 Å². The van der Waals surface area contributed by atoms with Crippen LogP contribution in [0.25, 0.3) is 0 Å². The molecule has 1 saturated heterocycles. The molecule has 0 saturated carbocycles. The number of rotatable bonds is 12. The van der Waals surface area contributed by atoms with Crippen LogP contribution in [0, 0.1) is 26.7 Å². The van der Waals surface area contributed by atoms with Gasteiger partial charge in [-0.1, -0.05) is 13.8 Å². The monoisotopic (exact) mass is 560 g/mol. The fraction of sp³-hybridized carbons (Fsp3) is 0.607. The van der Waals surface area contributed by atoms with Crippen LogP contribution in [0.15, 0.2) is 23.1 Å². The molecule has 1 aliphatic heterocycles. The molecule has 0 aliphatic carbocycles. The minimum Gasteiger partial charge on any atom is -0.497 e. The first-order valence-corrected chi connectivity index (χ1v) is 15.2. The maximum Gasteiger partial charge on any atom is 0.243 e. The van der Waals surface area contributed by atoms with E-state index in [0.717, 1.165) is 56.9 Å². The van der Waals surface area contributed by atoms with Crippen molar-refractivity contribution in [3.05, 3.63) is 34.9 Å². The fourth-order valence-corrected chi connectivity index (χ4v) is 6.78. The highest BCUT2D eigenvalue weighted by Gasteiger charge is 2.26. The summed E-state index contributed by atoms with van der Waals surface area (Å²) in [5.41, 5.74) is 2.15. The van der Waals surface area contributed by atoms with Gasteiger partial charge in [-0.2, -0.15) is 0 Å². The number of methoxy groups -OCH3 is 1. The van der Waals surface area contributed by atoms with Crippen LogP contribution in [0.5, 0.6) is 5.75 Å². The first kappa shape index (κ1) is 30.8. The Hall–Kier alpha value is -2.76. The van der Waals surface area contributed by atoms with E-state index in [0.29, 0.717) is 28.6 Å². The van der Waals surface area contributed by atoms with Crippen LogP contribution in [0.3, 0.4) is 0 Å². The van der Waals surface area contributed by atoms with E-state index in [1.54, 1.807) is 33.1 Å². The second-order valence-corrected chi connectivity index (χ2v) is 12.3. The average Bonchev–Trinajstić information content (AvgIpc) is 2.90. The second kappa shape index (κ2) is 13.5. The number of carbonyl (C=O) groups is 1. The zero-order valence-corrected chi connectivity index (χ0v) is 25.3. The molecule has 3 rings (SSSR count). The van der Waals surface area contributed by atoms with Crippen molar-refractivity contribution < 1.29 is 17.9 Å². The Morgan fingerprint density at radius 1 is 1.05 bits per heavy atom. The van der Waals surface area contributed by atoms with Gasteiger partial charge in [-0.15, -0.1) is 10.2 Å². The smallest absolute Gasteiger partial charge is 0.243 e. The van der Waals surface area contributed by atoms with Gasteiger partial charge in [-0.25, -0.2) is 12.7 Å². The number of nitrogens with one attached hydrogen (secondary N) is 1. The number of ether oxygens (including phenoxy) is 1. The van der Waals surface area contributed by atoms with Crippen molar-refractivity contribution in [2.45, 2.75) is 58.8 Å². The van der Waals surface area contributed by atoms with Crippen LogP contribution < -0.4 is 15.0 Å². The predicted octanol–water partition coefficient (Wildman–Crippen LogP) is 3.62. The Kier molecular flexibility index (Phi) is 10.7. The molecule has 0 bridgehead atoms. The van der Waals surface area contributed by atoms with Crippen LogP contribution in [-0.4, -0.2) is 87.2 Å². The Morgan fingerprint density at radius 3 is 2.21 bits per heavy atom. The van der Waals surface area contributed by atoms with Gasteiger partial charge in [0.25, 0.3) is 0 Å². The quantitative estimate of drug-likeness (QED) is 0.420. The van der Waals surface area contributed by atoms with E-state index in [4.69, 9.17) is 4.74 Å². The number of nitrogens with zero attached hydrogens (tertiary/aromatic N) is 5. The summed E-state index contributed by atoms with van der Waals surface area (Å²) in [6, 6.07) is 5.21. The zero-order chi connectivity index (χ0) is 28.7. The van der Waals surface area contributed by atoms with Crippen LogP contribution in [0.4, 0.5) is 11.6 Å². The van der Waals surface area contributed by atoms with Crippen molar-refractivity contribution in [3.63, 3.8) is 0 Å². The number of aromatic nitrogens is 2. The van der Waals surface area contributed by atoms with Gasteiger partial charge in [0.05, 0.1) is 12.0 Å². The summed E-state index contributed by atoms with van der Waals surface area (Å²) in [5.74, 6) is 2.20. The molecular formula is C28H44N6O4S. The van der Waals surface area contributed by atoms with Gasteiger partial charge < -0.3 is 19.9 Å². The summed E-state index contributed by atoms with van der Waals surface area (Å²) in [6.07, 6.45) is 2.25. The topological polar surface area (TPSA) is 108 Å². The van der Waals surface area contributed by atoms with Crippen molar-refractivity contribution in [2.75, 3.05) is 63.6 Å². The summed E-state index contributed by atoms with van der Waals surface area (Å²) in [4.78, 5) is 17.6. The molecular weight excluding hydrogens is 516 g/mol. The molecule has 10 nitrogen and oxygen atoms in total. The minimum atomic E-state index is -3.77. The number of hydrogen-bond donors (Lipinski definition) is 1. The first-order chi connectivity index (χ1) is 18.5. The molecule has 39 heavy (non-hydrogen) atoms. The van der Waals surface area contributed by atoms with Crippen LogP contribution in [-0.2, 0) is 14.8 Å². The van der Waals surface area contributed by atoms with Crippen molar-refractivity contribution in [1.29, 1.82) is 0 Å². The summed E-state index contributed by atoms with van der Waals surface area (Å²) in [7, 11) is -0.744. The lowest BCUT2D eigenvalue weighted by Gasteiger charge is -2.35. The highest BCUT2D eigenvalue weighted by atomic mass is 32.2. The Balaban J connectivity index is 1.55. The number of amides is 1. The van der Waals surface area contributed by atoms with Gasteiger partial charge in [0.2, 0.25) is 15.9 Å². The number of anilines is 2. The number of sulfonamides is 1. The lowest BCUT2D eigenvalue weighted by Crippen LogP contribution is -2.39. The van der Waals surface area contributed by atoms with Crippen LogP contribution >= 0.6 is 0 Å². The SMILES string of the molecule is CCN(CC)CC1CCN(c2nnc(NC(=O)CCN(C)S(=O)(=O)c3c(C)cc(OC)cc3C)cc2C)CC1. The van der Waals surface area contributed by atoms with Gasteiger partial charge in [0.1, 0.15) is 5.75 Å². The normalized spacial score (nSPS) is 14.7. The number of aryl methyl sites for hydroxylation is 3. The molecule has 1 aliphatic rings. The minimum absolute atomic E-state index is 0.00743. The molecule has 0 radical (unpaired) electrons. The molecule has 216 valence electrons. The third-order valence-corrected chi connectivity index (χ3v) is 9.71. The third kappa shape index (κ3) is 7.67. The number of carbonyl (C=O) groups excluding carboxylic acids is 1. The molecule has 0 unspecified atom stereocenters. The van der Waals surface area contributed by atoms with Crippen molar-refractivity contribution >= 4 is 27.6 Å². The van der Waals surface area contributed by atoms with E-state index >= 15 is 0 Å². The molecule has 1 aromatic heterocycles. The van der Waals surface area contributed by atoms with Crippen molar-refractivity contribution in [2.24, 2.45) is 5.92 Å². The maximum absolute atomic E-state index is 13.2. The summed E-state index contributed by atoms with van der Waals surface area (Å²) in [6.45, 7) is 15.1. The average molecular weight is 561 g/mol. The Morgan fingerprint density at radius 2 is 1.67 bits per heavy atom. The molecule has 2 heterocycles. The second-order valence-electron chi connectivity index (χ2n) is 10.4. The van der Waals surface area contributed by atoms with Gasteiger partial charge in [-0.3, -0.25) is 4.79 Å². The van der Waals surface area contributed by atoms with E-state index in [1.807, 2.05) is 13.0 Å². The zero-order valence-electron chi connectivity index (χ0n) is 24.5. The van der Waals surface area contributed by atoms with Gasteiger partial charge in [0.15, 0.2) is 11.6 Å². The number of piperidine rings is 1. The van der Waals surface area contributed by atoms with Crippen molar-refractivity contribution in [3.8, 4) is 5.75 Å². The standard InChI is InChI=1S/C28H44N6O4S/c1-8-33(9-2)19-23-10-14-34(15-11-23)28-22(5)18-25(30-31-28)29-26(35)12-13-32(6)39(36,37)27-20(3)16-24(38-7)17-21(27)4/h16-18,23H,8-15,19H2,1-7H3,(H,29,30,35). The van der Waals surface area contributed by atoms with E-state index in [-0.39, 0.29) is 23.8 Å². The Labute approximate surface area is 233 Å². The van der Waals surface area contributed by atoms with Crippen molar-refractivity contribution in [1.82, 2.24) is 19.4 Å². The number of hydrogen-bond acceptors (Lipinski definition) is 8. The van der Waals surface area contributed by atoms with Crippen LogP contribution in [0.1, 0.15) is 49.8 Å². The first-order valence-electron chi connectivity index (χ1n) is 13.7. The molecule has 0 atom stereocenters. The Bertz CT molecular complexity index is 1220. The lowest BCUT2D eigenvalue weighted by molar-refractivity contribution is -0.116. The highest BCUT2D eigenvalue weighted by molar-refractivity contribution is 7.89. The summed E-state index contributed by atoms with van der Waals surface area (Å²) >= 11 is 0. The molecule has 2 aromatic rings.